The largest absolute Gasteiger partial charge is 0.481 e. The molecule has 1 saturated carbocycles. The number of aromatic nitrogens is 1. The lowest BCUT2D eigenvalue weighted by Gasteiger charge is -2.24. The molecule has 0 radical (unpaired) electrons. The van der Waals surface area contributed by atoms with E-state index in [9.17, 15) is 14.7 Å². The van der Waals surface area contributed by atoms with Crippen molar-refractivity contribution in [2.75, 3.05) is 5.32 Å². The van der Waals surface area contributed by atoms with Crippen LogP contribution in [-0.2, 0) is 9.59 Å². The molecule has 2 aromatic carbocycles. The number of para-hydroxylation sites is 1. The lowest BCUT2D eigenvalue weighted by Crippen LogP contribution is -2.36. The van der Waals surface area contributed by atoms with Crippen LogP contribution < -0.4 is 5.32 Å². The summed E-state index contributed by atoms with van der Waals surface area (Å²) in [6.07, 6.45) is 6.41. The molecule has 1 aromatic heterocycles. The Morgan fingerprint density at radius 2 is 1.69 bits per heavy atom. The minimum Gasteiger partial charge on any atom is -0.481 e. The van der Waals surface area contributed by atoms with Gasteiger partial charge in [0.15, 0.2) is 0 Å². The summed E-state index contributed by atoms with van der Waals surface area (Å²) in [6, 6.07) is 17.7. The third-order valence-corrected chi connectivity index (χ3v) is 6.16. The zero-order chi connectivity index (χ0) is 20.0. The van der Waals surface area contributed by atoms with Crippen LogP contribution in [0.5, 0.6) is 0 Å². The minimum absolute atomic E-state index is 0.0103. The van der Waals surface area contributed by atoms with Crippen molar-refractivity contribution >= 4 is 28.5 Å². The number of aliphatic carboxylic acids is 1. The van der Waals surface area contributed by atoms with E-state index in [0.717, 1.165) is 22.9 Å². The average molecular weight is 384 g/mol. The predicted octanol–water partition coefficient (Wildman–Crippen LogP) is 4.36. The highest BCUT2D eigenvalue weighted by atomic mass is 16.4. The Morgan fingerprint density at radius 1 is 0.931 bits per heavy atom. The van der Waals surface area contributed by atoms with Gasteiger partial charge in [-0.15, -0.1) is 0 Å². The van der Waals surface area contributed by atoms with Crippen LogP contribution in [0.25, 0.3) is 22.0 Å². The molecule has 29 heavy (non-hydrogen) atoms. The van der Waals surface area contributed by atoms with Gasteiger partial charge in [-0.2, -0.15) is 0 Å². The SMILES string of the molecule is O=C(O)[C@@H]1[C@H](C(=O)Nc2cccc3c(-c4ccccc4)ccnc23)[C@@H]2C=C[C@H]1C2. The number of anilines is 1. The topological polar surface area (TPSA) is 79.3 Å². The van der Waals surface area contributed by atoms with Gasteiger partial charge in [0.2, 0.25) is 5.91 Å². The molecule has 3 aromatic rings. The van der Waals surface area contributed by atoms with Gasteiger partial charge in [-0.1, -0.05) is 54.6 Å². The number of pyridine rings is 1. The second-order valence-electron chi connectivity index (χ2n) is 7.75. The van der Waals surface area contributed by atoms with Crippen molar-refractivity contribution in [3.8, 4) is 11.1 Å². The lowest BCUT2D eigenvalue weighted by atomic mass is 9.82. The van der Waals surface area contributed by atoms with Crippen molar-refractivity contribution in [3.05, 3.63) is 72.9 Å². The van der Waals surface area contributed by atoms with Crippen molar-refractivity contribution < 1.29 is 14.7 Å². The fourth-order valence-electron chi connectivity index (χ4n) is 4.88. The Balaban J connectivity index is 1.51. The normalized spacial score (nSPS) is 24.7. The van der Waals surface area contributed by atoms with Gasteiger partial charge in [-0.25, -0.2) is 0 Å². The van der Waals surface area contributed by atoms with E-state index >= 15 is 0 Å². The molecule has 5 rings (SSSR count). The predicted molar refractivity (Wildman–Crippen MR) is 111 cm³/mol. The van der Waals surface area contributed by atoms with Crippen molar-refractivity contribution in [3.63, 3.8) is 0 Å². The molecule has 1 fully saturated rings. The number of nitrogens with one attached hydrogen (secondary N) is 1. The Bertz CT molecular complexity index is 1140. The van der Waals surface area contributed by atoms with Crippen molar-refractivity contribution in [1.82, 2.24) is 4.98 Å². The summed E-state index contributed by atoms with van der Waals surface area (Å²) in [5.74, 6) is -2.41. The molecule has 4 atom stereocenters. The third kappa shape index (κ3) is 2.90. The zero-order valence-electron chi connectivity index (χ0n) is 15.7. The van der Waals surface area contributed by atoms with E-state index < -0.39 is 17.8 Å². The van der Waals surface area contributed by atoms with Crippen molar-refractivity contribution in [2.45, 2.75) is 6.42 Å². The summed E-state index contributed by atoms with van der Waals surface area (Å²) < 4.78 is 0. The molecule has 5 heteroatoms. The Kier molecular flexibility index (Phi) is 4.16. The fourth-order valence-corrected chi connectivity index (χ4v) is 4.88. The molecular formula is C24H20N2O3. The number of fused-ring (bicyclic) bond motifs is 3. The highest BCUT2D eigenvalue weighted by Crippen LogP contribution is 2.48. The van der Waals surface area contributed by atoms with E-state index in [1.165, 1.54) is 0 Å². The molecule has 2 bridgehead atoms. The Morgan fingerprint density at radius 3 is 2.45 bits per heavy atom. The van der Waals surface area contributed by atoms with Crippen molar-refractivity contribution in [1.29, 1.82) is 0 Å². The summed E-state index contributed by atoms with van der Waals surface area (Å²) in [7, 11) is 0. The number of hydrogen-bond acceptors (Lipinski definition) is 3. The molecule has 1 amide bonds. The second-order valence-corrected chi connectivity index (χ2v) is 7.75. The van der Waals surface area contributed by atoms with Crippen LogP contribution in [0.15, 0.2) is 72.9 Å². The van der Waals surface area contributed by atoms with E-state index in [0.29, 0.717) is 11.2 Å². The molecule has 2 N–H and O–H groups in total. The summed E-state index contributed by atoms with van der Waals surface area (Å²) in [5, 5.41) is 13.5. The summed E-state index contributed by atoms with van der Waals surface area (Å²) in [4.78, 5) is 29.3. The first kappa shape index (κ1) is 17.6. The van der Waals surface area contributed by atoms with Gasteiger partial charge in [0.25, 0.3) is 0 Å². The lowest BCUT2D eigenvalue weighted by molar-refractivity contribution is -0.146. The molecule has 0 spiro atoms. The standard InChI is InChI=1S/C24H20N2O3/c27-23(20-15-9-10-16(13-15)21(20)24(28)29)26-19-8-4-7-18-17(11-12-25-22(18)19)14-5-2-1-3-6-14/h1-12,15-16,20-21H,13H2,(H,26,27)(H,28,29)/t15-,16+,20-,21+/m1/s1. The van der Waals surface area contributed by atoms with E-state index in [1.54, 1.807) is 6.20 Å². The Labute approximate surface area is 168 Å². The van der Waals surface area contributed by atoms with Crippen LogP contribution in [0.3, 0.4) is 0 Å². The van der Waals surface area contributed by atoms with E-state index in [-0.39, 0.29) is 17.7 Å². The van der Waals surface area contributed by atoms with Crippen molar-refractivity contribution in [2.24, 2.45) is 23.7 Å². The Hall–Kier alpha value is -3.47. The molecule has 0 unspecified atom stereocenters. The van der Waals surface area contributed by atoms with Gasteiger partial charge in [0.05, 0.1) is 23.0 Å². The van der Waals surface area contributed by atoms with E-state index in [4.69, 9.17) is 0 Å². The van der Waals surface area contributed by atoms with E-state index in [1.807, 2.05) is 66.7 Å². The van der Waals surface area contributed by atoms with E-state index in [2.05, 4.69) is 10.3 Å². The first-order valence-corrected chi connectivity index (χ1v) is 9.78. The molecular weight excluding hydrogens is 364 g/mol. The van der Waals surface area contributed by atoms with Crippen LogP contribution in [0.2, 0.25) is 0 Å². The molecule has 0 aliphatic heterocycles. The van der Waals surface area contributed by atoms with Crippen LogP contribution in [-0.4, -0.2) is 22.0 Å². The second kappa shape index (κ2) is 6.85. The summed E-state index contributed by atoms with van der Waals surface area (Å²) in [5.41, 5.74) is 3.43. The third-order valence-electron chi connectivity index (χ3n) is 6.16. The maximum Gasteiger partial charge on any atom is 0.307 e. The van der Waals surface area contributed by atoms with Gasteiger partial charge in [-0.3, -0.25) is 14.6 Å². The molecule has 2 aliphatic rings. The number of rotatable bonds is 4. The molecule has 5 nitrogen and oxygen atoms in total. The summed E-state index contributed by atoms with van der Waals surface area (Å²) >= 11 is 0. The number of carboxylic acids is 1. The van der Waals surface area contributed by atoms with Gasteiger partial charge in [0.1, 0.15) is 0 Å². The molecule has 2 aliphatic carbocycles. The maximum absolute atomic E-state index is 13.1. The monoisotopic (exact) mass is 384 g/mol. The highest BCUT2D eigenvalue weighted by Gasteiger charge is 2.51. The number of amides is 1. The van der Waals surface area contributed by atoms with Gasteiger partial charge in [0, 0.05) is 11.6 Å². The molecule has 0 saturated heterocycles. The highest BCUT2D eigenvalue weighted by molar-refractivity contribution is 6.06. The smallest absolute Gasteiger partial charge is 0.307 e. The minimum atomic E-state index is -0.899. The first-order chi connectivity index (χ1) is 14.1. The van der Waals surface area contributed by atoms with Crippen LogP contribution in [0.4, 0.5) is 5.69 Å². The maximum atomic E-state index is 13.1. The average Bonchev–Trinajstić information content (AvgIpc) is 3.36. The van der Waals surface area contributed by atoms with Crippen LogP contribution in [0, 0.1) is 23.7 Å². The first-order valence-electron chi connectivity index (χ1n) is 9.78. The number of carbonyl (C=O) groups is 2. The zero-order valence-corrected chi connectivity index (χ0v) is 15.7. The molecule has 144 valence electrons. The van der Waals surface area contributed by atoms with Crippen LogP contribution in [0.1, 0.15) is 6.42 Å². The van der Waals surface area contributed by atoms with Gasteiger partial charge >= 0.3 is 5.97 Å². The van der Waals surface area contributed by atoms with Gasteiger partial charge < -0.3 is 10.4 Å². The number of hydrogen-bond donors (Lipinski definition) is 2. The fraction of sp³-hybridized carbons (Fsp3) is 0.208. The van der Waals surface area contributed by atoms with Crippen LogP contribution >= 0.6 is 0 Å². The number of carbonyl (C=O) groups excluding carboxylic acids is 1. The number of benzene rings is 2. The van der Waals surface area contributed by atoms with Gasteiger partial charge in [-0.05, 0) is 41.5 Å². The quantitative estimate of drug-likeness (QED) is 0.655. The summed E-state index contributed by atoms with van der Waals surface area (Å²) in [6.45, 7) is 0. The number of allylic oxidation sites excluding steroid dienone is 2. The number of carboxylic acid groups (broad SMARTS) is 1. The number of nitrogens with zero attached hydrogens (tertiary/aromatic N) is 1. The molecule has 1 heterocycles.